The van der Waals surface area contributed by atoms with E-state index >= 15 is 0 Å². The Kier molecular flexibility index (Phi) is 3.80. The van der Waals surface area contributed by atoms with Gasteiger partial charge in [0.2, 0.25) is 0 Å². The third-order valence-corrected chi connectivity index (χ3v) is 4.03. The Balaban J connectivity index is 1.89. The lowest BCUT2D eigenvalue weighted by atomic mass is 10.0. The molecule has 0 saturated heterocycles. The molecule has 0 radical (unpaired) electrons. The molecular weight excluding hydrogens is 339 g/mol. The van der Waals surface area contributed by atoms with Gasteiger partial charge in [0.05, 0.1) is 0 Å². The Hall–Kier alpha value is -1.72. The van der Waals surface area contributed by atoms with Gasteiger partial charge in [-0.1, -0.05) is 28.1 Å². The van der Waals surface area contributed by atoms with Crippen molar-refractivity contribution in [2.45, 2.75) is 0 Å². The Morgan fingerprint density at radius 2 is 1.90 bits per heavy atom. The van der Waals surface area contributed by atoms with Crippen LogP contribution >= 0.6 is 27.3 Å². The molecule has 0 saturated carbocycles. The number of thiazole rings is 1. The third-order valence-electron chi connectivity index (χ3n) is 2.81. The summed E-state index contributed by atoms with van der Waals surface area (Å²) < 4.78 is 15.2. The minimum atomic E-state index is -0.256. The lowest BCUT2D eigenvalue weighted by Crippen LogP contribution is -1.92. The Labute approximate surface area is 128 Å². The van der Waals surface area contributed by atoms with Crippen LogP contribution in [-0.4, -0.2) is 4.98 Å². The number of nitrogens with one attached hydrogen (secondary N) is 1. The number of rotatable bonds is 3. The van der Waals surface area contributed by atoms with Gasteiger partial charge in [0.1, 0.15) is 5.82 Å². The Morgan fingerprint density at radius 3 is 2.55 bits per heavy atom. The lowest BCUT2D eigenvalue weighted by molar-refractivity contribution is 0.632. The van der Waals surface area contributed by atoms with E-state index in [-0.39, 0.29) is 5.82 Å². The van der Waals surface area contributed by atoms with Crippen molar-refractivity contribution >= 4 is 38.1 Å². The molecule has 0 bridgehead atoms. The fraction of sp³-hybridized carbons (Fsp3) is 0. The van der Waals surface area contributed by atoms with Crippen LogP contribution in [0.2, 0.25) is 0 Å². The summed E-state index contributed by atoms with van der Waals surface area (Å²) in [6.07, 6.45) is 1.71. The third kappa shape index (κ3) is 2.89. The van der Waals surface area contributed by atoms with E-state index in [4.69, 9.17) is 0 Å². The predicted molar refractivity (Wildman–Crippen MR) is 84.9 cm³/mol. The van der Waals surface area contributed by atoms with Gasteiger partial charge >= 0.3 is 0 Å². The fourth-order valence-electron chi connectivity index (χ4n) is 1.87. The van der Waals surface area contributed by atoms with E-state index in [0.29, 0.717) is 11.3 Å². The molecule has 0 unspecified atom stereocenters. The average molecular weight is 349 g/mol. The Bertz CT molecular complexity index is 711. The van der Waals surface area contributed by atoms with Gasteiger partial charge in [0, 0.05) is 27.3 Å². The minimum Gasteiger partial charge on any atom is -0.331 e. The first-order valence-corrected chi connectivity index (χ1v) is 7.61. The summed E-state index contributed by atoms with van der Waals surface area (Å²) in [7, 11) is 0. The van der Waals surface area contributed by atoms with E-state index in [1.165, 1.54) is 17.4 Å². The molecule has 0 fully saturated rings. The van der Waals surface area contributed by atoms with Crippen LogP contribution in [-0.2, 0) is 0 Å². The highest BCUT2D eigenvalue weighted by Crippen LogP contribution is 2.28. The van der Waals surface area contributed by atoms with Crippen molar-refractivity contribution in [2.24, 2.45) is 0 Å². The van der Waals surface area contributed by atoms with Crippen molar-refractivity contribution in [1.82, 2.24) is 4.98 Å². The van der Waals surface area contributed by atoms with Crippen LogP contribution in [0.4, 0.5) is 15.2 Å². The first-order chi connectivity index (χ1) is 9.72. The fourth-order valence-corrected chi connectivity index (χ4v) is 2.68. The largest absolute Gasteiger partial charge is 0.331 e. The Morgan fingerprint density at radius 1 is 1.10 bits per heavy atom. The number of halogens is 2. The zero-order valence-electron chi connectivity index (χ0n) is 10.3. The van der Waals surface area contributed by atoms with Crippen LogP contribution in [0.25, 0.3) is 11.1 Å². The van der Waals surface area contributed by atoms with Crippen LogP contribution in [0, 0.1) is 5.82 Å². The molecule has 3 aromatic rings. The zero-order valence-corrected chi connectivity index (χ0v) is 12.7. The summed E-state index contributed by atoms with van der Waals surface area (Å²) in [6.45, 7) is 0. The van der Waals surface area contributed by atoms with E-state index in [1.807, 2.05) is 35.7 Å². The molecule has 0 spiro atoms. The van der Waals surface area contributed by atoms with Gasteiger partial charge in [-0.05, 0) is 35.9 Å². The first kappa shape index (κ1) is 13.3. The summed E-state index contributed by atoms with van der Waals surface area (Å²) in [5, 5.41) is 5.69. The molecule has 0 atom stereocenters. The normalized spacial score (nSPS) is 10.5. The SMILES string of the molecule is Fc1cc(Nc2nccs2)ccc1-c1ccc(Br)cc1. The number of aromatic nitrogens is 1. The summed E-state index contributed by atoms with van der Waals surface area (Å²) in [6, 6.07) is 12.7. The van der Waals surface area contributed by atoms with Crippen molar-refractivity contribution in [1.29, 1.82) is 0 Å². The number of benzene rings is 2. The topological polar surface area (TPSA) is 24.9 Å². The smallest absolute Gasteiger partial charge is 0.187 e. The standard InChI is InChI=1S/C15H10BrFN2S/c16-11-3-1-10(2-4-11)13-6-5-12(9-14(13)17)19-15-18-7-8-20-15/h1-9H,(H,18,19). The average Bonchev–Trinajstić information content (AvgIpc) is 2.93. The molecule has 1 heterocycles. The van der Waals surface area contributed by atoms with E-state index in [9.17, 15) is 4.39 Å². The minimum absolute atomic E-state index is 0.256. The summed E-state index contributed by atoms with van der Waals surface area (Å²) in [4.78, 5) is 4.11. The summed E-state index contributed by atoms with van der Waals surface area (Å²) in [5.74, 6) is -0.256. The second-order valence-corrected chi connectivity index (χ2v) is 5.97. The molecule has 2 aromatic carbocycles. The highest BCUT2D eigenvalue weighted by atomic mass is 79.9. The predicted octanol–water partition coefficient (Wildman–Crippen LogP) is 5.46. The van der Waals surface area contributed by atoms with Crippen LogP contribution in [0.1, 0.15) is 0 Å². The summed E-state index contributed by atoms with van der Waals surface area (Å²) in [5.41, 5.74) is 2.13. The van der Waals surface area contributed by atoms with Gasteiger partial charge in [0.15, 0.2) is 5.13 Å². The molecule has 0 aliphatic heterocycles. The van der Waals surface area contributed by atoms with E-state index < -0.39 is 0 Å². The number of anilines is 2. The molecule has 1 N–H and O–H groups in total. The first-order valence-electron chi connectivity index (χ1n) is 5.94. The summed E-state index contributed by atoms with van der Waals surface area (Å²) >= 11 is 4.85. The molecule has 2 nitrogen and oxygen atoms in total. The van der Waals surface area contributed by atoms with E-state index in [0.717, 1.165) is 15.2 Å². The molecule has 5 heteroatoms. The molecule has 3 rings (SSSR count). The van der Waals surface area contributed by atoms with Crippen LogP contribution in [0.15, 0.2) is 58.5 Å². The maximum absolute atomic E-state index is 14.2. The van der Waals surface area contributed by atoms with Crippen molar-refractivity contribution in [2.75, 3.05) is 5.32 Å². The lowest BCUT2D eigenvalue weighted by Gasteiger charge is -2.07. The van der Waals surface area contributed by atoms with Crippen molar-refractivity contribution in [3.63, 3.8) is 0 Å². The van der Waals surface area contributed by atoms with Crippen LogP contribution < -0.4 is 5.32 Å². The van der Waals surface area contributed by atoms with Gasteiger partial charge in [0.25, 0.3) is 0 Å². The monoisotopic (exact) mass is 348 g/mol. The van der Waals surface area contributed by atoms with Crippen molar-refractivity contribution in [3.05, 3.63) is 64.3 Å². The number of hydrogen-bond donors (Lipinski definition) is 1. The van der Waals surface area contributed by atoms with Crippen LogP contribution in [0.3, 0.4) is 0 Å². The van der Waals surface area contributed by atoms with Gasteiger partial charge in [-0.3, -0.25) is 0 Å². The molecule has 1 aromatic heterocycles. The zero-order chi connectivity index (χ0) is 13.9. The molecule has 0 aliphatic carbocycles. The maximum Gasteiger partial charge on any atom is 0.187 e. The molecule has 100 valence electrons. The van der Waals surface area contributed by atoms with Crippen molar-refractivity contribution in [3.8, 4) is 11.1 Å². The van der Waals surface area contributed by atoms with Gasteiger partial charge in [-0.15, -0.1) is 11.3 Å². The quantitative estimate of drug-likeness (QED) is 0.680. The molecule has 0 aliphatic rings. The number of nitrogens with zero attached hydrogens (tertiary/aromatic N) is 1. The molecular formula is C15H10BrFN2S. The van der Waals surface area contributed by atoms with Crippen molar-refractivity contribution < 1.29 is 4.39 Å². The van der Waals surface area contributed by atoms with Gasteiger partial charge in [-0.2, -0.15) is 0 Å². The van der Waals surface area contributed by atoms with Gasteiger partial charge in [-0.25, -0.2) is 9.37 Å². The van der Waals surface area contributed by atoms with Crippen LogP contribution in [0.5, 0.6) is 0 Å². The van der Waals surface area contributed by atoms with E-state index in [2.05, 4.69) is 26.2 Å². The second-order valence-electron chi connectivity index (χ2n) is 4.16. The maximum atomic E-state index is 14.2. The second kappa shape index (κ2) is 5.73. The number of hydrogen-bond acceptors (Lipinski definition) is 3. The van der Waals surface area contributed by atoms with E-state index in [1.54, 1.807) is 12.3 Å². The highest BCUT2D eigenvalue weighted by Gasteiger charge is 2.07. The highest BCUT2D eigenvalue weighted by molar-refractivity contribution is 9.10. The van der Waals surface area contributed by atoms with Gasteiger partial charge < -0.3 is 5.32 Å². The molecule has 20 heavy (non-hydrogen) atoms. The molecule has 0 amide bonds.